The lowest BCUT2D eigenvalue weighted by molar-refractivity contribution is 0.286. The minimum absolute atomic E-state index is 0.703. The van der Waals surface area contributed by atoms with Gasteiger partial charge in [0.15, 0.2) is 0 Å². The molecule has 0 spiro atoms. The standard InChI is InChI=1S/C13H24N2O/c1-10(2)8-15(5)9-12-6-13(7-14-4)16-11(12)3/h6,10,14H,7-9H2,1-5H3. The maximum atomic E-state index is 5.67. The zero-order valence-corrected chi connectivity index (χ0v) is 11.1. The van der Waals surface area contributed by atoms with E-state index in [0.29, 0.717) is 5.92 Å². The molecule has 0 atom stereocenters. The minimum atomic E-state index is 0.703. The second kappa shape index (κ2) is 6.06. The molecular weight excluding hydrogens is 200 g/mol. The highest BCUT2D eigenvalue weighted by Gasteiger charge is 2.10. The highest BCUT2D eigenvalue weighted by atomic mass is 16.3. The summed E-state index contributed by atoms with van der Waals surface area (Å²) in [6, 6.07) is 2.16. The second-order valence-electron chi connectivity index (χ2n) is 4.92. The van der Waals surface area contributed by atoms with Crippen LogP contribution in [0.2, 0.25) is 0 Å². The summed E-state index contributed by atoms with van der Waals surface area (Å²) in [6.45, 7) is 9.41. The van der Waals surface area contributed by atoms with Gasteiger partial charge in [-0.3, -0.25) is 0 Å². The number of aryl methyl sites for hydroxylation is 1. The Hall–Kier alpha value is -0.800. The number of hydrogen-bond donors (Lipinski definition) is 1. The molecule has 0 radical (unpaired) electrons. The van der Waals surface area contributed by atoms with E-state index in [1.54, 1.807) is 0 Å². The van der Waals surface area contributed by atoms with Crippen LogP contribution in [0.1, 0.15) is 30.9 Å². The fourth-order valence-corrected chi connectivity index (χ4v) is 1.98. The fraction of sp³-hybridized carbons (Fsp3) is 0.692. The van der Waals surface area contributed by atoms with E-state index in [1.165, 1.54) is 5.56 Å². The Morgan fingerprint density at radius 3 is 2.69 bits per heavy atom. The Labute approximate surface area is 98.8 Å². The van der Waals surface area contributed by atoms with Gasteiger partial charge in [-0.1, -0.05) is 13.8 Å². The molecule has 3 heteroatoms. The Bertz CT molecular complexity index is 318. The summed E-state index contributed by atoms with van der Waals surface area (Å²) in [5.74, 6) is 2.77. The molecule has 92 valence electrons. The summed E-state index contributed by atoms with van der Waals surface area (Å²) in [4.78, 5) is 2.34. The molecule has 1 N–H and O–H groups in total. The third-order valence-corrected chi connectivity index (χ3v) is 2.54. The molecule has 0 aliphatic rings. The Morgan fingerprint density at radius 2 is 2.12 bits per heavy atom. The molecule has 0 aromatic carbocycles. The number of furan rings is 1. The van der Waals surface area contributed by atoms with Gasteiger partial charge in [0.1, 0.15) is 11.5 Å². The van der Waals surface area contributed by atoms with Crippen molar-refractivity contribution in [2.45, 2.75) is 33.9 Å². The van der Waals surface area contributed by atoms with Gasteiger partial charge in [0, 0.05) is 18.7 Å². The highest BCUT2D eigenvalue weighted by molar-refractivity contribution is 5.20. The van der Waals surface area contributed by atoms with Crippen molar-refractivity contribution in [1.82, 2.24) is 10.2 Å². The summed E-state index contributed by atoms with van der Waals surface area (Å²) in [7, 11) is 4.09. The Morgan fingerprint density at radius 1 is 1.44 bits per heavy atom. The molecule has 0 fully saturated rings. The molecule has 0 saturated heterocycles. The number of nitrogens with zero attached hydrogens (tertiary/aromatic N) is 1. The van der Waals surface area contributed by atoms with Gasteiger partial charge in [0.05, 0.1) is 6.54 Å². The van der Waals surface area contributed by atoms with Gasteiger partial charge in [0.2, 0.25) is 0 Å². The van der Waals surface area contributed by atoms with Crippen molar-refractivity contribution in [2.75, 3.05) is 20.6 Å². The predicted octanol–water partition coefficient (Wildman–Crippen LogP) is 2.40. The quantitative estimate of drug-likeness (QED) is 0.804. The van der Waals surface area contributed by atoms with Crippen molar-refractivity contribution >= 4 is 0 Å². The SMILES string of the molecule is CNCc1cc(CN(C)CC(C)C)c(C)o1. The topological polar surface area (TPSA) is 28.4 Å². The van der Waals surface area contributed by atoms with Crippen molar-refractivity contribution in [3.8, 4) is 0 Å². The van der Waals surface area contributed by atoms with Crippen LogP contribution < -0.4 is 5.32 Å². The summed E-state index contributed by atoms with van der Waals surface area (Å²) in [5.41, 5.74) is 1.30. The first-order chi connectivity index (χ1) is 7.52. The molecule has 16 heavy (non-hydrogen) atoms. The van der Waals surface area contributed by atoms with Crippen LogP contribution in [0.15, 0.2) is 10.5 Å². The van der Waals surface area contributed by atoms with E-state index in [1.807, 2.05) is 14.0 Å². The van der Waals surface area contributed by atoms with Crippen LogP contribution in [0.3, 0.4) is 0 Å². The second-order valence-corrected chi connectivity index (χ2v) is 4.92. The van der Waals surface area contributed by atoms with Crippen LogP contribution >= 0.6 is 0 Å². The van der Waals surface area contributed by atoms with Gasteiger partial charge < -0.3 is 14.6 Å². The van der Waals surface area contributed by atoms with E-state index in [9.17, 15) is 0 Å². The lowest BCUT2D eigenvalue weighted by atomic mass is 10.2. The van der Waals surface area contributed by atoms with Crippen molar-refractivity contribution in [1.29, 1.82) is 0 Å². The molecule has 1 aromatic rings. The average molecular weight is 224 g/mol. The number of nitrogens with one attached hydrogen (secondary N) is 1. The molecule has 0 saturated carbocycles. The third-order valence-electron chi connectivity index (χ3n) is 2.54. The number of hydrogen-bond acceptors (Lipinski definition) is 3. The van der Waals surface area contributed by atoms with E-state index in [-0.39, 0.29) is 0 Å². The van der Waals surface area contributed by atoms with E-state index in [4.69, 9.17) is 4.42 Å². The van der Waals surface area contributed by atoms with E-state index < -0.39 is 0 Å². The lowest BCUT2D eigenvalue weighted by Gasteiger charge is -2.18. The largest absolute Gasteiger partial charge is 0.465 e. The van der Waals surface area contributed by atoms with Crippen molar-refractivity contribution in [3.63, 3.8) is 0 Å². The normalized spacial score (nSPS) is 11.7. The van der Waals surface area contributed by atoms with E-state index in [2.05, 4.69) is 37.2 Å². The fourth-order valence-electron chi connectivity index (χ4n) is 1.98. The minimum Gasteiger partial charge on any atom is -0.465 e. The van der Waals surface area contributed by atoms with Crippen molar-refractivity contribution < 1.29 is 4.42 Å². The van der Waals surface area contributed by atoms with Gasteiger partial charge in [-0.15, -0.1) is 0 Å². The zero-order chi connectivity index (χ0) is 12.1. The van der Waals surface area contributed by atoms with E-state index >= 15 is 0 Å². The summed E-state index contributed by atoms with van der Waals surface area (Å²) in [5, 5.41) is 3.10. The first kappa shape index (κ1) is 13.3. The van der Waals surface area contributed by atoms with Crippen LogP contribution in [0, 0.1) is 12.8 Å². The molecule has 0 amide bonds. The van der Waals surface area contributed by atoms with Gasteiger partial charge >= 0.3 is 0 Å². The summed E-state index contributed by atoms with van der Waals surface area (Å²) >= 11 is 0. The molecule has 0 aliphatic carbocycles. The molecule has 0 unspecified atom stereocenters. The van der Waals surface area contributed by atoms with Crippen LogP contribution in [0.4, 0.5) is 0 Å². The molecule has 1 rings (SSSR count). The predicted molar refractivity (Wildman–Crippen MR) is 67.4 cm³/mol. The smallest absolute Gasteiger partial charge is 0.118 e. The summed E-state index contributed by atoms with van der Waals surface area (Å²) < 4.78 is 5.67. The molecule has 0 bridgehead atoms. The molecular formula is C13H24N2O. The van der Waals surface area contributed by atoms with Crippen molar-refractivity contribution in [3.05, 3.63) is 23.2 Å². The van der Waals surface area contributed by atoms with Crippen LogP contribution in [-0.4, -0.2) is 25.5 Å². The Balaban J connectivity index is 2.58. The highest BCUT2D eigenvalue weighted by Crippen LogP contribution is 2.16. The van der Waals surface area contributed by atoms with Crippen molar-refractivity contribution in [2.24, 2.45) is 5.92 Å². The lowest BCUT2D eigenvalue weighted by Crippen LogP contribution is -2.22. The molecule has 1 heterocycles. The number of rotatable bonds is 6. The van der Waals surface area contributed by atoms with Crippen LogP contribution in [0.25, 0.3) is 0 Å². The van der Waals surface area contributed by atoms with Gasteiger partial charge in [-0.25, -0.2) is 0 Å². The monoisotopic (exact) mass is 224 g/mol. The van der Waals surface area contributed by atoms with Crippen LogP contribution in [-0.2, 0) is 13.1 Å². The molecule has 3 nitrogen and oxygen atoms in total. The maximum absolute atomic E-state index is 5.67. The maximum Gasteiger partial charge on any atom is 0.118 e. The first-order valence-corrected chi connectivity index (χ1v) is 5.94. The van der Waals surface area contributed by atoms with Crippen LogP contribution in [0.5, 0.6) is 0 Å². The van der Waals surface area contributed by atoms with Gasteiger partial charge in [0.25, 0.3) is 0 Å². The van der Waals surface area contributed by atoms with E-state index in [0.717, 1.165) is 31.2 Å². The summed E-state index contributed by atoms with van der Waals surface area (Å²) in [6.07, 6.45) is 0. The van der Waals surface area contributed by atoms with Gasteiger partial charge in [-0.2, -0.15) is 0 Å². The van der Waals surface area contributed by atoms with Gasteiger partial charge in [-0.05, 0) is 33.0 Å². The molecule has 1 aromatic heterocycles. The average Bonchev–Trinajstić information content (AvgIpc) is 2.46. The first-order valence-electron chi connectivity index (χ1n) is 5.94. The zero-order valence-electron chi connectivity index (χ0n) is 11.1. The molecule has 0 aliphatic heterocycles. The Kier molecular flexibility index (Phi) is 5.03. The third kappa shape index (κ3) is 3.99.